The number of ether oxygens (including phenoxy) is 3. The van der Waals surface area contributed by atoms with E-state index in [4.69, 9.17) is 14.2 Å². The molecule has 0 saturated carbocycles. The average molecular weight is 938 g/mol. The predicted molar refractivity (Wildman–Crippen MR) is 288 cm³/mol. The highest BCUT2D eigenvalue weighted by atomic mass is 16.6. The lowest BCUT2D eigenvalue weighted by Crippen LogP contribution is -2.30. The number of hydrogen-bond donors (Lipinski definition) is 0. The highest BCUT2D eigenvalue weighted by Crippen LogP contribution is 2.16. The van der Waals surface area contributed by atoms with E-state index in [1.54, 1.807) is 0 Å². The summed E-state index contributed by atoms with van der Waals surface area (Å²) in [5.41, 5.74) is 0. The van der Waals surface area contributed by atoms with Crippen molar-refractivity contribution in [1.82, 2.24) is 0 Å². The van der Waals surface area contributed by atoms with Crippen molar-refractivity contribution in [2.75, 3.05) is 13.2 Å². The van der Waals surface area contributed by atoms with E-state index in [1.807, 2.05) is 0 Å². The number of rotatable bonds is 52. The first-order valence-electron chi connectivity index (χ1n) is 28.8. The molecule has 0 N–H and O–H groups in total. The van der Waals surface area contributed by atoms with Gasteiger partial charge in [0.1, 0.15) is 13.2 Å². The molecule has 0 bridgehead atoms. The van der Waals surface area contributed by atoms with Gasteiger partial charge in [0.25, 0.3) is 0 Å². The zero-order valence-corrected chi connectivity index (χ0v) is 44.4. The topological polar surface area (TPSA) is 78.9 Å². The van der Waals surface area contributed by atoms with E-state index < -0.39 is 6.10 Å². The van der Waals surface area contributed by atoms with Crippen LogP contribution in [0, 0.1) is 0 Å². The third-order valence-electron chi connectivity index (χ3n) is 12.5. The third-order valence-corrected chi connectivity index (χ3v) is 12.5. The molecule has 0 unspecified atom stereocenters. The van der Waals surface area contributed by atoms with Crippen molar-refractivity contribution in [3.8, 4) is 0 Å². The molecule has 0 heterocycles. The zero-order valence-electron chi connectivity index (χ0n) is 44.4. The molecule has 1 atom stereocenters. The Kier molecular flexibility index (Phi) is 53.3. The standard InChI is InChI=1S/C61H108O6/c1-4-7-10-13-16-19-22-25-28-30-33-36-39-42-45-48-51-54-60(63)66-57-58(56-65-59(62)53-50-47-44-41-38-35-32-27-24-21-18-15-12-9-6-3)67-61(64)55-52-49-46-43-40-37-34-31-29-26-23-20-17-14-11-8-5-2/h8,11,17,20-21,24,26,29,34,37,58H,4-7,9-10,12-16,18-19,22-23,25,27-28,30-33,35-36,38-57H2,1-3H3/b11-8-,20-17-,24-21-,29-26-,37-34-/t58-/m1/s1. The predicted octanol–water partition coefficient (Wildman–Crippen LogP) is 19.2. The Labute approximate surface area is 415 Å². The number of esters is 3. The maximum Gasteiger partial charge on any atom is 0.306 e. The van der Waals surface area contributed by atoms with Crippen LogP contribution in [0.2, 0.25) is 0 Å². The van der Waals surface area contributed by atoms with Crippen LogP contribution in [-0.2, 0) is 28.6 Å². The molecule has 0 aliphatic rings. The molecule has 0 spiro atoms. The van der Waals surface area contributed by atoms with Crippen LogP contribution >= 0.6 is 0 Å². The minimum atomic E-state index is -0.787. The van der Waals surface area contributed by atoms with Gasteiger partial charge >= 0.3 is 17.9 Å². The Bertz CT molecular complexity index is 1210. The van der Waals surface area contributed by atoms with Crippen molar-refractivity contribution in [1.29, 1.82) is 0 Å². The first kappa shape index (κ1) is 64.1. The molecule has 0 aromatic carbocycles. The molecule has 0 aliphatic carbocycles. The minimum absolute atomic E-state index is 0.0829. The normalized spacial score (nSPS) is 12.5. The van der Waals surface area contributed by atoms with Crippen molar-refractivity contribution in [3.05, 3.63) is 60.8 Å². The van der Waals surface area contributed by atoms with E-state index in [1.165, 1.54) is 154 Å². The monoisotopic (exact) mass is 937 g/mol. The number of carbonyl (C=O) groups excluding carboxylic acids is 3. The quantitative estimate of drug-likeness (QED) is 0.0262. The molecule has 6 heteroatoms. The smallest absolute Gasteiger partial charge is 0.306 e. The molecule has 0 aromatic rings. The molecule has 0 fully saturated rings. The van der Waals surface area contributed by atoms with Gasteiger partial charge in [-0.3, -0.25) is 14.4 Å². The van der Waals surface area contributed by atoms with E-state index >= 15 is 0 Å². The van der Waals surface area contributed by atoms with Crippen LogP contribution in [0.15, 0.2) is 60.8 Å². The van der Waals surface area contributed by atoms with Crippen LogP contribution in [-0.4, -0.2) is 37.2 Å². The molecule has 0 rings (SSSR count). The molecule has 0 radical (unpaired) electrons. The first-order chi connectivity index (χ1) is 33.0. The highest BCUT2D eigenvalue weighted by Gasteiger charge is 2.19. The van der Waals surface area contributed by atoms with Gasteiger partial charge in [-0.2, -0.15) is 0 Å². The summed E-state index contributed by atoms with van der Waals surface area (Å²) < 4.78 is 16.9. The largest absolute Gasteiger partial charge is 0.462 e. The fraction of sp³-hybridized carbons (Fsp3) is 0.787. The van der Waals surface area contributed by atoms with Crippen LogP contribution < -0.4 is 0 Å². The molecule has 388 valence electrons. The van der Waals surface area contributed by atoms with Crippen molar-refractivity contribution in [3.63, 3.8) is 0 Å². The van der Waals surface area contributed by atoms with Crippen LogP contribution in [0.1, 0.15) is 290 Å². The van der Waals surface area contributed by atoms with Gasteiger partial charge in [-0.05, 0) is 83.5 Å². The molecular formula is C61H108O6. The minimum Gasteiger partial charge on any atom is -0.462 e. The summed E-state index contributed by atoms with van der Waals surface area (Å²) >= 11 is 0. The second kappa shape index (κ2) is 55.7. The van der Waals surface area contributed by atoms with Gasteiger partial charge in [0.05, 0.1) is 0 Å². The number of hydrogen-bond acceptors (Lipinski definition) is 6. The summed E-state index contributed by atoms with van der Waals surface area (Å²) in [5.74, 6) is -0.899. The van der Waals surface area contributed by atoms with Gasteiger partial charge < -0.3 is 14.2 Å². The van der Waals surface area contributed by atoms with Crippen molar-refractivity contribution in [2.45, 2.75) is 297 Å². The lowest BCUT2D eigenvalue weighted by Gasteiger charge is -2.18. The SMILES string of the molecule is CC/C=C\C/C=C\C/C=C\C/C=C\CCCCCCC(=O)O[C@H](COC(=O)CCCCCCCCC/C=C\CCCCCC)COC(=O)CCCCCCCCCCCCCCCCCCC. The van der Waals surface area contributed by atoms with E-state index in [9.17, 15) is 14.4 Å². The van der Waals surface area contributed by atoms with E-state index in [2.05, 4.69) is 81.5 Å². The average Bonchev–Trinajstić information content (AvgIpc) is 3.33. The fourth-order valence-electron chi connectivity index (χ4n) is 8.19. The maximum absolute atomic E-state index is 12.8. The van der Waals surface area contributed by atoms with Crippen molar-refractivity contribution >= 4 is 17.9 Å². The number of carbonyl (C=O) groups is 3. The maximum atomic E-state index is 12.8. The van der Waals surface area contributed by atoms with Crippen LogP contribution in [0.4, 0.5) is 0 Å². The summed E-state index contributed by atoms with van der Waals surface area (Å²) in [4.78, 5) is 38.2. The summed E-state index contributed by atoms with van der Waals surface area (Å²) in [6.07, 6.45) is 69.2. The van der Waals surface area contributed by atoms with Crippen LogP contribution in [0.25, 0.3) is 0 Å². The highest BCUT2D eigenvalue weighted by molar-refractivity contribution is 5.71. The van der Waals surface area contributed by atoms with Gasteiger partial charge in [0.15, 0.2) is 6.10 Å². The van der Waals surface area contributed by atoms with Gasteiger partial charge in [0.2, 0.25) is 0 Å². The Morgan fingerprint density at radius 3 is 0.940 bits per heavy atom. The summed E-state index contributed by atoms with van der Waals surface area (Å²) in [6, 6.07) is 0. The number of unbranched alkanes of at least 4 members (excludes halogenated alkanes) is 31. The van der Waals surface area contributed by atoms with E-state index in [-0.39, 0.29) is 31.1 Å². The lowest BCUT2D eigenvalue weighted by molar-refractivity contribution is -0.167. The Morgan fingerprint density at radius 2 is 0.582 bits per heavy atom. The lowest BCUT2D eigenvalue weighted by atomic mass is 10.0. The molecule has 0 amide bonds. The van der Waals surface area contributed by atoms with Gasteiger partial charge in [0, 0.05) is 19.3 Å². The summed E-state index contributed by atoms with van der Waals surface area (Å²) in [5, 5.41) is 0. The van der Waals surface area contributed by atoms with Crippen LogP contribution in [0.5, 0.6) is 0 Å². The Balaban J connectivity index is 4.40. The summed E-state index contributed by atoms with van der Waals surface area (Å²) in [7, 11) is 0. The van der Waals surface area contributed by atoms with Crippen molar-refractivity contribution in [2.24, 2.45) is 0 Å². The Morgan fingerprint density at radius 1 is 0.313 bits per heavy atom. The molecule has 0 saturated heterocycles. The van der Waals surface area contributed by atoms with Crippen LogP contribution in [0.3, 0.4) is 0 Å². The molecule has 0 aliphatic heterocycles. The fourth-order valence-corrected chi connectivity index (χ4v) is 8.19. The van der Waals surface area contributed by atoms with E-state index in [0.717, 1.165) is 96.3 Å². The molecule has 6 nitrogen and oxygen atoms in total. The molecule has 0 aromatic heterocycles. The van der Waals surface area contributed by atoms with Crippen molar-refractivity contribution < 1.29 is 28.6 Å². The first-order valence-corrected chi connectivity index (χ1v) is 28.8. The Hall–Kier alpha value is -2.89. The summed E-state index contributed by atoms with van der Waals surface area (Å²) in [6.45, 7) is 6.52. The van der Waals surface area contributed by atoms with Gasteiger partial charge in [-0.15, -0.1) is 0 Å². The van der Waals surface area contributed by atoms with Gasteiger partial charge in [-0.25, -0.2) is 0 Å². The van der Waals surface area contributed by atoms with Gasteiger partial charge in [-0.1, -0.05) is 248 Å². The zero-order chi connectivity index (χ0) is 48.6. The second-order valence-corrected chi connectivity index (χ2v) is 19.2. The molecular weight excluding hydrogens is 829 g/mol. The molecule has 67 heavy (non-hydrogen) atoms. The third kappa shape index (κ3) is 53.9. The van der Waals surface area contributed by atoms with E-state index in [0.29, 0.717) is 19.3 Å². The second-order valence-electron chi connectivity index (χ2n) is 19.2. The number of allylic oxidation sites excluding steroid dienone is 10.